The van der Waals surface area contributed by atoms with Crippen molar-refractivity contribution in [1.82, 2.24) is 10.2 Å². The number of hydrogen-bond donors (Lipinski definition) is 1. The van der Waals surface area contributed by atoms with E-state index in [2.05, 4.69) is 17.1 Å². The average Bonchev–Trinajstić information content (AvgIpc) is 2.27. The predicted molar refractivity (Wildman–Crippen MR) is 69.6 cm³/mol. The molecule has 0 aliphatic carbocycles. The SMILES string of the molecule is CCOP(=O)(CCN1CCNC(C)C1)OCC. The summed E-state index contributed by atoms with van der Waals surface area (Å²) < 4.78 is 22.8. The van der Waals surface area contributed by atoms with Crippen molar-refractivity contribution in [2.24, 2.45) is 0 Å². The minimum Gasteiger partial charge on any atom is -0.312 e. The lowest BCUT2D eigenvalue weighted by atomic mass is 10.2. The lowest BCUT2D eigenvalue weighted by Gasteiger charge is -2.32. The molecule has 0 spiro atoms. The highest BCUT2D eigenvalue weighted by Crippen LogP contribution is 2.47. The van der Waals surface area contributed by atoms with Crippen LogP contribution in [0, 0.1) is 0 Å². The number of hydrogen-bond acceptors (Lipinski definition) is 5. The summed E-state index contributed by atoms with van der Waals surface area (Å²) in [5.41, 5.74) is 0. The van der Waals surface area contributed by atoms with Crippen LogP contribution >= 0.6 is 7.60 Å². The molecular formula is C11H25N2O3P. The maximum absolute atomic E-state index is 12.3. The van der Waals surface area contributed by atoms with Gasteiger partial charge in [0, 0.05) is 32.2 Å². The molecule has 0 amide bonds. The Kier molecular flexibility index (Phi) is 6.67. The lowest BCUT2D eigenvalue weighted by molar-refractivity contribution is 0.195. The van der Waals surface area contributed by atoms with Crippen molar-refractivity contribution in [3.8, 4) is 0 Å². The molecule has 1 N–H and O–H groups in total. The van der Waals surface area contributed by atoms with Crippen LogP contribution in [0.2, 0.25) is 0 Å². The maximum atomic E-state index is 12.3. The Morgan fingerprint density at radius 3 is 2.53 bits per heavy atom. The van der Waals surface area contributed by atoms with E-state index in [0.29, 0.717) is 25.4 Å². The Morgan fingerprint density at radius 2 is 2.00 bits per heavy atom. The van der Waals surface area contributed by atoms with Gasteiger partial charge in [-0.15, -0.1) is 0 Å². The summed E-state index contributed by atoms with van der Waals surface area (Å²) in [6.45, 7) is 10.5. The first kappa shape index (κ1) is 15.1. The van der Waals surface area contributed by atoms with Gasteiger partial charge >= 0.3 is 7.60 Å². The molecule has 1 saturated heterocycles. The second-order valence-corrected chi connectivity index (χ2v) is 6.51. The van der Waals surface area contributed by atoms with Gasteiger partial charge < -0.3 is 14.4 Å². The summed E-state index contributed by atoms with van der Waals surface area (Å²) in [5.74, 6) is 0. The van der Waals surface area contributed by atoms with Crippen LogP contribution in [0.1, 0.15) is 20.8 Å². The Morgan fingerprint density at radius 1 is 1.35 bits per heavy atom. The summed E-state index contributed by atoms with van der Waals surface area (Å²) in [5, 5.41) is 3.39. The van der Waals surface area contributed by atoms with Crippen molar-refractivity contribution >= 4 is 7.60 Å². The molecule has 102 valence electrons. The van der Waals surface area contributed by atoms with Crippen LogP contribution in [0.5, 0.6) is 0 Å². The smallest absolute Gasteiger partial charge is 0.312 e. The Labute approximate surface area is 104 Å². The molecule has 0 aromatic carbocycles. The molecule has 6 heteroatoms. The van der Waals surface area contributed by atoms with Crippen LogP contribution in [-0.2, 0) is 13.6 Å². The molecule has 1 heterocycles. The first-order chi connectivity index (χ1) is 8.09. The fourth-order valence-corrected chi connectivity index (χ4v) is 3.69. The second kappa shape index (κ2) is 7.49. The Balaban J connectivity index is 2.37. The van der Waals surface area contributed by atoms with Crippen LogP contribution in [0.4, 0.5) is 0 Å². The lowest BCUT2D eigenvalue weighted by Crippen LogP contribution is -2.49. The highest BCUT2D eigenvalue weighted by atomic mass is 31.2. The fraction of sp³-hybridized carbons (Fsp3) is 1.00. The topological polar surface area (TPSA) is 50.8 Å². The first-order valence-electron chi connectivity index (χ1n) is 6.43. The number of nitrogens with one attached hydrogen (secondary N) is 1. The largest absolute Gasteiger partial charge is 0.331 e. The molecule has 1 fully saturated rings. The van der Waals surface area contributed by atoms with Gasteiger partial charge in [-0.3, -0.25) is 9.46 Å². The number of rotatable bonds is 7. The average molecular weight is 264 g/mol. The van der Waals surface area contributed by atoms with E-state index in [4.69, 9.17) is 9.05 Å². The van der Waals surface area contributed by atoms with Crippen molar-refractivity contribution in [1.29, 1.82) is 0 Å². The van der Waals surface area contributed by atoms with Crippen molar-refractivity contribution in [3.63, 3.8) is 0 Å². The van der Waals surface area contributed by atoms with Gasteiger partial charge in [-0.25, -0.2) is 0 Å². The van der Waals surface area contributed by atoms with E-state index in [1.807, 2.05) is 13.8 Å². The molecular weight excluding hydrogens is 239 g/mol. The van der Waals surface area contributed by atoms with E-state index in [9.17, 15) is 4.57 Å². The van der Waals surface area contributed by atoms with Gasteiger partial charge in [0.05, 0.1) is 19.4 Å². The van der Waals surface area contributed by atoms with Crippen molar-refractivity contribution in [2.75, 3.05) is 45.6 Å². The molecule has 0 saturated carbocycles. The Bertz CT molecular complexity index is 253. The molecule has 0 aromatic heterocycles. The van der Waals surface area contributed by atoms with Crippen molar-refractivity contribution in [2.45, 2.75) is 26.8 Å². The monoisotopic (exact) mass is 264 g/mol. The van der Waals surface area contributed by atoms with Gasteiger partial charge in [0.2, 0.25) is 0 Å². The number of piperazine rings is 1. The summed E-state index contributed by atoms with van der Waals surface area (Å²) in [6, 6.07) is 0.502. The van der Waals surface area contributed by atoms with E-state index in [1.165, 1.54) is 0 Å². The van der Waals surface area contributed by atoms with E-state index in [1.54, 1.807) is 0 Å². The van der Waals surface area contributed by atoms with E-state index in [-0.39, 0.29) is 0 Å². The predicted octanol–water partition coefficient (Wildman–Crippen LogP) is 1.55. The molecule has 0 radical (unpaired) electrons. The summed E-state index contributed by atoms with van der Waals surface area (Å²) in [6.07, 6.45) is 0.488. The third-order valence-electron chi connectivity index (χ3n) is 2.79. The highest BCUT2D eigenvalue weighted by Gasteiger charge is 2.25. The van der Waals surface area contributed by atoms with Gasteiger partial charge in [0.25, 0.3) is 0 Å². The third kappa shape index (κ3) is 5.49. The quantitative estimate of drug-likeness (QED) is 0.707. The van der Waals surface area contributed by atoms with Gasteiger partial charge in [-0.05, 0) is 20.8 Å². The Hall–Kier alpha value is 0.0700. The molecule has 1 rings (SSSR count). The van der Waals surface area contributed by atoms with E-state index >= 15 is 0 Å². The zero-order chi connectivity index (χ0) is 12.7. The molecule has 1 atom stereocenters. The molecule has 1 unspecified atom stereocenters. The molecule has 0 bridgehead atoms. The summed E-state index contributed by atoms with van der Waals surface area (Å²) >= 11 is 0. The molecule has 5 nitrogen and oxygen atoms in total. The van der Waals surface area contributed by atoms with E-state index in [0.717, 1.165) is 26.2 Å². The first-order valence-corrected chi connectivity index (χ1v) is 8.16. The van der Waals surface area contributed by atoms with Crippen molar-refractivity contribution < 1.29 is 13.6 Å². The minimum atomic E-state index is -2.87. The van der Waals surface area contributed by atoms with Crippen molar-refractivity contribution in [3.05, 3.63) is 0 Å². The molecule has 1 aliphatic heterocycles. The standard InChI is InChI=1S/C11H25N2O3P/c1-4-15-17(14,16-5-2)9-8-13-7-6-12-11(3)10-13/h11-12H,4-10H2,1-3H3. The molecule has 17 heavy (non-hydrogen) atoms. The number of nitrogens with zero attached hydrogens (tertiary/aromatic N) is 1. The van der Waals surface area contributed by atoms with Crippen LogP contribution in [-0.4, -0.2) is 56.5 Å². The van der Waals surface area contributed by atoms with Crippen LogP contribution in [0.15, 0.2) is 0 Å². The minimum absolute atomic E-state index is 0.440. The van der Waals surface area contributed by atoms with Gasteiger partial charge in [0.15, 0.2) is 0 Å². The zero-order valence-corrected chi connectivity index (χ0v) is 12.0. The summed E-state index contributed by atoms with van der Waals surface area (Å²) in [4.78, 5) is 2.31. The fourth-order valence-electron chi connectivity index (χ4n) is 2.04. The second-order valence-electron chi connectivity index (χ2n) is 4.33. The maximum Gasteiger partial charge on any atom is 0.331 e. The molecule has 1 aliphatic rings. The van der Waals surface area contributed by atoms with Gasteiger partial charge in [0.1, 0.15) is 0 Å². The zero-order valence-electron chi connectivity index (χ0n) is 11.1. The van der Waals surface area contributed by atoms with Crippen LogP contribution < -0.4 is 5.32 Å². The molecule has 0 aromatic rings. The summed E-state index contributed by atoms with van der Waals surface area (Å²) in [7, 11) is -2.87. The highest BCUT2D eigenvalue weighted by molar-refractivity contribution is 7.53. The van der Waals surface area contributed by atoms with Crippen LogP contribution in [0.25, 0.3) is 0 Å². The third-order valence-corrected chi connectivity index (χ3v) is 4.85. The van der Waals surface area contributed by atoms with E-state index < -0.39 is 7.60 Å². The van der Waals surface area contributed by atoms with Gasteiger partial charge in [-0.1, -0.05) is 0 Å². The normalized spacial score (nSPS) is 22.9. The van der Waals surface area contributed by atoms with Crippen LogP contribution in [0.3, 0.4) is 0 Å². The van der Waals surface area contributed by atoms with Gasteiger partial charge in [-0.2, -0.15) is 0 Å².